The lowest BCUT2D eigenvalue weighted by Crippen LogP contribution is -2.13. The summed E-state index contributed by atoms with van der Waals surface area (Å²) in [4.78, 5) is 33.7. The fourth-order valence-corrected chi connectivity index (χ4v) is 2.86. The van der Waals surface area contributed by atoms with Crippen molar-refractivity contribution in [3.05, 3.63) is 43.4 Å². The molecule has 0 atom stereocenters. The first-order valence-electron chi connectivity index (χ1n) is 5.23. The molecule has 0 spiro atoms. The van der Waals surface area contributed by atoms with E-state index in [0.29, 0.717) is 5.69 Å². The summed E-state index contributed by atoms with van der Waals surface area (Å²) >= 11 is 2.00. The molecule has 2 rings (SSSR count). The van der Waals surface area contributed by atoms with Gasteiger partial charge in [-0.2, -0.15) is 0 Å². The highest BCUT2D eigenvalue weighted by atomic mass is 32.1. The van der Waals surface area contributed by atoms with Gasteiger partial charge < -0.3 is 10.1 Å². The number of carbonyl (C=O) groups excluding carboxylic acids is 2. The first-order chi connectivity index (χ1) is 9.52. The molecule has 9 heteroatoms. The van der Waals surface area contributed by atoms with E-state index < -0.39 is 16.8 Å². The zero-order valence-electron chi connectivity index (χ0n) is 10.1. The topological polar surface area (TPSA) is 98.5 Å². The summed E-state index contributed by atoms with van der Waals surface area (Å²) in [7, 11) is 1.25. The third kappa shape index (κ3) is 2.83. The molecular formula is C11H8N2O5S2. The van der Waals surface area contributed by atoms with Gasteiger partial charge in [0.25, 0.3) is 5.91 Å². The minimum atomic E-state index is -0.564. The number of hydrogen-bond donors (Lipinski definition) is 1. The Morgan fingerprint density at radius 2 is 2.15 bits per heavy atom. The maximum Gasteiger partial charge on any atom is 0.350 e. The van der Waals surface area contributed by atoms with Crippen LogP contribution in [0.25, 0.3) is 0 Å². The number of nitrogens with zero attached hydrogens (tertiary/aromatic N) is 1. The van der Waals surface area contributed by atoms with Crippen molar-refractivity contribution in [2.24, 2.45) is 0 Å². The van der Waals surface area contributed by atoms with Gasteiger partial charge in [-0.1, -0.05) is 11.3 Å². The number of nitro groups is 1. The Morgan fingerprint density at radius 3 is 2.75 bits per heavy atom. The molecule has 0 fully saturated rings. The van der Waals surface area contributed by atoms with Crippen molar-refractivity contribution in [2.75, 3.05) is 12.4 Å². The van der Waals surface area contributed by atoms with Gasteiger partial charge in [0.15, 0.2) is 0 Å². The number of amides is 1. The van der Waals surface area contributed by atoms with Crippen LogP contribution in [0.4, 0.5) is 10.7 Å². The van der Waals surface area contributed by atoms with E-state index in [0.717, 1.165) is 22.7 Å². The maximum absolute atomic E-state index is 11.9. The molecule has 0 unspecified atom stereocenters. The van der Waals surface area contributed by atoms with E-state index >= 15 is 0 Å². The summed E-state index contributed by atoms with van der Waals surface area (Å²) in [6.07, 6.45) is 0. The SMILES string of the molecule is COC(=O)c1sccc1NC(=O)c1csc([N+](=O)[O-])c1. The number of rotatable bonds is 4. The normalized spacial score (nSPS) is 10.1. The van der Waals surface area contributed by atoms with Gasteiger partial charge in [-0.05, 0) is 11.4 Å². The van der Waals surface area contributed by atoms with Gasteiger partial charge in [0, 0.05) is 11.4 Å². The van der Waals surface area contributed by atoms with Gasteiger partial charge >= 0.3 is 11.0 Å². The van der Waals surface area contributed by atoms with E-state index in [-0.39, 0.29) is 15.4 Å². The average molecular weight is 312 g/mol. The third-order valence-corrected chi connectivity index (χ3v) is 4.09. The molecule has 1 N–H and O–H groups in total. The number of ether oxygens (including phenoxy) is 1. The van der Waals surface area contributed by atoms with Crippen molar-refractivity contribution in [3.63, 3.8) is 0 Å². The first kappa shape index (κ1) is 14.2. The van der Waals surface area contributed by atoms with E-state index in [2.05, 4.69) is 10.1 Å². The smallest absolute Gasteiger partial charge is 0.350 e. The third-order valence-electron chi connectivity index (χ3n) is 2.31. The number of anilines is 1. The molecule has 104 valence electrons. The standard InChI is InChI=1S/C11H8N2O5S2/c1-18-11(15)9-7(2-3-19-9)12-10(14)6-4-8(13(16)17)20-5-6/h2-5H,1H3,(H,12,14). The van der Waals surface area contributed by atoms with Crippen LogP contribution in [0.15, 0.2) is 22.9 Å². The number of esters is 1. The van der Waals surface area contributed by atoms with Crippen molar-refractivity contribution in [1.29, 1.82) is 0 Å². The molecular weight excluding hydrogens is 304 g/mol. The Balaban J connectivity index is 2.17. The second kappa shape index (κ2) is 5.80. The summed E-state index contributed by atoms with van der Waals surface area (Å²) in [5.41, 5.74) is 0.490. The minimum Gasteiger partial charge on any atom is -0.465 e. The number of nitrogens with one attached hydrogen (secondary N) is 1. The molecule has 7 nitrogen and oxygen atoms in total. The van der Waals surface area contributed by atoms with Crippen molar-refractivity contribution >= 4 is 45.2 Å². The second-order valence-corrected chi connectivity index (χ2v) is 5.35. The molecule has 0 radical (unpaired) electrons. The lowest BCUT2D eigenvalue weighted by Gasteiger charge is -2.03. The maximum atomic E-state index is 11.9. The van der Waals surface area contributed by atoms with Crippen molar-refractivity contribution < 1.29 is 19.2 Å². The second-order valence-electron chi connectivity index (χ2n) is 3.54. The van der Waals surface area contributed by atoms with E-state index in [9.17, 15) is 19.7 Å². The van der Waals surface area contributed by atoms with Crippen LogP contribution in [0.2, 0.25) is 0 Å². The van der Waals surface area contributed by atoms with Crippen LogP contribution in [0.3, 0.4) is 0 Å². The van der Waals surface area contributed by atoms with Crippen molar-refractivity contribution in [3.8, 4) is 0 Å². The molecule has 0 aliphatic heterocycles. The summed E-state index contributed by atoms with van der Waals surface area (Å²) in [5.74, 6) is -1.07. The van der Waals surface area contributed by atoms with Crippen molar-refractivity contribution in [2.45, 2.75) is 0 Å². The monoisotopic (exact) mass is 312 g/mol. The summed E-state index contributed by atoms with van der Waals surface area (Å²) in [6, 6.07) is 2.75. The lowest BCUT2D eigenvalue weighted by atomic mass is 10.3. The Bertz CT molecular complexity index is 676. The molecule has 0 saturated carbocycles. The summed E-state index contributed by atoms with van der Waals surface area (Å²) in [6.45, 7) is 0. The number of methoxy groups -OCH3 is 1. The molecule has 20 heavy (non-hydrogen) atoms. The van der Waals surface area contributed by atoms with E-state index in [1.54, 1.807) is 11.4 Å². The van der Waals surface area contributed by atoms with Crippen LogP contribution in [-0.4, -0.2) is 23.9 Å². The molecule has 2 heterocycles. The Labute approximate surface area is 121 Å². The van der Waals surface area contributed by atoms with Crippen LogP contribution in [0.1, 0.15) is 20.0 Å². The van der Waals surface area contributed by atoms with Gasteiger partial charge in [-0.25, -0.2) is 4.79 Å². The highest BCUT2D eigenvalue weighted by molar-refractivity contribution is 7.13. The van der Waals surface area contributed by atoms with E-state index in [4.69, 9.17) is 0 Å². The zero-order valence-corrected chi connectivity index (χ0v) is 11.7. The number of carbonyl (C=O) groups is 2. The van der Waals surface area contributed by atoms with Gasteiger partial charge in [0.05, 0.1) is 23.3 Å². The number of thiophene rings is 2. The van der Waals surface area contributed by atoms with Crippen LogP contribution in [0, 0.1) is 10.1 Å². The molecule has 1 amide bonds. The van der Waals surface area contributed by atoms with Gasteiger partial charge in [0.1, 0.15) is 4.88 Å². The first-order valence-corrected chi connectivity index (χ1v) is 6.99. The predicted octanol–water partition coefficient (Wildman–Crippen LogP) is 2.76. The van der Waals surface area contributed by atoms with Gasteiger partial charge in [0.2, 0.25) is 0 Å². The summed E-state index contributed by atoms with van der Waals surface area (Å²) < 4.78 is 4.59. The van der Waals surface area contributed by atoms with Crippen molar-refractivity contribution in [1.82, 2.24) is 0 Å². The minimum absolute atomic E-state index is 0.117. The molecule has 0 saturated heterocycles. The zero-order chi connectivity index (χ0) is 14.7. The molecule has 2 aromatic heterocycles. The molecule has 2 aromatic rings. The molecule has 0 aromatic carbocycles. The van der Waals surface area contributed by atoms with E-state index in [1.165, 1.54) is 18.6 Å². The molecule has 0 aliphatic rings. The fraction of sp³-hybridized carbons (Fsp3) is 0.0909. The Kier molecular flexibility index (Phi) is 4.11. The Hall–Kier alpha value is -2.26. The molecule has 0 bridgehead atoms. The van der Waals surface area contributed by atoms with Gasteiger partial charge in [-0.15, -0.1) is 11.3 Å². The Morgan fingerprint density at radius 1 is 1.40 bits per heavy atom. The quantitative estimate of drug-likeness (QED) is 0.531. The largest absolute Gasteiger partial charge is 0.465 e. The average Bonchev–Trinajstić information content (AvgIpc) is 3.06. The van der Waals surface area contributed by atoms with Crippen LogP contribution in [0.5, 0.6) is 0 Å². The van der Waals surface area contributed by atoms with Crippen LogP contribution >= 0.6 is 22.7 Å². The van der Waals surface area contributed by atoms with Crippen LogP contribution in [-0.2, 0) is 4.74 Å². The summed E-state index contributed by atoms with van der Waals surface area (Å²) in [5, 5.41) is 16.0. The molecule has 0 aliphatic carbocycles. The fourth-order valence-electron chi connectivity index (χ4n) is 1.39. The highest BCUT2D eigenvalue weighted by Gasteiger charge is 2.19. The highest BCUT2D eigenvalue weighted by Crippen LogP contribution is 2.26. The number of hydrogen-bond acceptors (Lipinski definition) is 7. The van der Waals surface area contributed by atoms with E-state index in [1.807, 2.05) is 0 Å². The van der Waals surface area contributed by atoms with Crippen LogP contribution < -0.4 is 5.32 Å². The lowest BCUT2D eigenvalue weighted by molar-refractivity contribution is -0.380. The predicted molar refractivity (Wildman–Crippen MR) is 74.6 cm³/mol. The van der Waals surface area contributed by atoms with Gasteiger partial charge in [-0.3, -0.25) is 14.9 Å².